The molecule has 0 aliphatic carbocycles. The fourth-order valence-electron chi connectivity index (χ4n) is 2.24. The molecule has 0 atom stereocenters. The minimum absolute atomic E-state index is 0.138. The molecule has 0 aromatic carbocycles. The van der Waals surface area contributed by atoms with E-state index in [1.807, 2.05) is 13.8 Å². The van der Waals surface area contributed by atoms with Crippen molar-refractivity contribution >= 4 is 29.4 Å². The molecule has 0 bridgehead atoms. The molecule has 0 saturated carbocycles. The van der Waals surface area contributed by atoms with E-state index in [0.717, 1.165) is 25.9 Å². The Hall–Kier alpha value is -1.63. The summed E-state index contributed by atoms with van der Waals surface area (Å²) < 4.78 is 0. The lowest BCUT2D eigenvalue weighted by molar-refractivity contribution is -0.118. The third-order valence-electron chi connectivity index (χ3n) is 3.05. The molecule has 1 saturated heterocycles. The van der Waals surface area contributed by atoms with Gasteiger partial charge in [-0.3, -0.25) is 4.79 Å². The van der Waals surface area contributed by atoms with Crippen LogP contribution in [0, 0.1) is 0 Å². The van der Waals surface area contributed by atoms with Gasteiger partial charge in [-0.25, -0.2) is 0 Å². The average molecular weight is 299 g/mol. The predicted octanol–water partition coefficient (Wildman–Crippen LogP) is 1.19. The van der Waals surface area contributed by atoms with Gasteiger partial charge in [-0.1, -0.05) is 0 Å². The van der Waals surface area contributed by atoms with Gasteiger partial charge in [-0.2, -0.15) is 15.0 Å². The minimum Gasteiger partial charge on any atom is -0.370 e. The summed E-state index contributed by atoms with van der Waals surface area (Å²) in [7, 11) is 0. The van der Waals surface area contributed by atoms with Crippen LogP contribution >= 0.6 is 11.6 Å². The molecular weight excluding hydrogens is 280 g/mol. The van der Waals surface area contributed by atoms with E-state index < -0.39 is 5.54 Å². The van der Waals surface area contributed by atoms with Crippen LogP contribution in [0.25, 0.3) is 0 Å². The van der Waals surface area contributed by atoms with Crippen LogP contribution in [0.4, 0.5) is 11.9 Å². The Kier molecular flexibility index (Phi) is 4.27. The first-order valence-electron chi connectivity index (χ1n) is 6.59. The number of amides is 1. The standard InChI is InChI=1S/C12H19ClN6O/c1-12(2,7-8(14)20)18-10-15-9(13)16-11(17-10)19-5-3-4-6-19/h3-7H2,1-2H3,(H2,14,20)(H,15,16,17,18). The van der Waals surface area contributed by atoms with E-state index in [4.69, 9.17) is 17.3 Å². The number of carbonyl (C=O) groups is 1. The van der Waals surface area contributed by atoms with Gasteiger partial charge in [0, 0.05) is 25.0 Å². The monoisotopic (exact) mass is 298 g/mol. The van der Waals surface area contributed by atoms with Crippen LogP contribution in [0.2, 0.25) is 5.28 Å². The van der Waals surface area contributed by atoms with Crippen molar-refractivity contribution in [3.05, 3.63) is 5.28 Å². The summed E-state index contributed by atoms with van der Waals surface area (Å²) in [6.07, 6.45) is 2.42. The summed E-state index contributed by atoms with van der Waals surface area (Å²) >= 11 is 5.94. The molecule has 0 unspecified atom stereocenters. The molecule has 1 aromatic rings. The van der Waals surface area contributed by atoms with Crippen LogP contribution in [0.5, 0.6) is 0 Å². The molecule has 8 heteroatoms. The molecule has 7 nitrogen and oxygen atoms in total. The first kappa shape index (κ1) is 14.8. The fourth-order valence-corrected chi connectivity index (χ4v) is 2.39. The lowest BCUT2D eigenvalue weighted by Gasteiger charge is -2.25. The first-order valence-corrected chi connectivity index (χ1v) is 6.96. The number of rotatable bonds is 5. The maximum Gasteiger partial charge on any atom is 0.231 e. The molecule has 2 heterocycles. The van der Waals surface area contributed by atoms with Crippen LogP contribution in [0.3, 0.4) is 0 Å². The molecule has 1 amide bonds. The van der Waals surface area contributed by atoms with Gasteiger partial charge >= 0.3 is 0 Å². The number of anilines is 2. The molecule has 3 N–H and O–H groups in total. The Bertz CT molecular complexity index is 501. The Balaban J connectivity index is 2.17. The number of primary amides is 1. The first-order chi connectivity index (χ1) is 9.35. The van der Waals surface area contributed by atoms with E-state index in [9.17, 15) is 4.79 Å². The predicted molar refractivity (Wildman–Crippen MR) is 77.8 cm³/mol. The van der Waals surface area contributed by atoms with Crippen molar-refractivity contribution < 1.29 is 4.79 Å². The Morgan fingerprint density at radius 2 is 2.00 bits per heavy atom. The number of nitrogens with one attached hydrogen (secondary N) is 1. The minimum atomic E-state index is -0.543. The van der Waals surface area contributed by atoms with E-state index in [2.05, 4.69) is 25.2 Å². The largest absolute Gasteiger partial charge is 0.370 e. The van der Waals surface area contributed by atoms with Gasteiger partial charge in [0.25, 0.3) is 0 Å². The molecule has 2 rings (SSSR count). The molecule has 1 aliphatic rings. The van der Waals surface area contributed by atoms with Gasteiger partial charge in [-0.05, 0) is 38.3 Å². The summed E-state index contributed by atoms with van der Waals surface area (Å²) in [5, 5.41) is 3.22. The molecule has 1 aromatic heterocycles. The molecule has 1 aliphatic heterocycles. The summed E-state index contributed by atoms with van der Waals surface area (Å²) in [5.74, 6) is 0.542. The maximum atomic E-state index is 11.0. The Labute approximate surface area is 122 Å². The van der Waals surface area contributed by atoms with Crippen LogP contribution in [-0.2, 0) is 4.79 Å². The van der Waals surface area contributed by atoms with Crippen molar-refractivity contribution in [2.45, 2.75) is 38.6 Å². The normalized spacial score (nSPS) is 15.4. The van der Waals surface area contributed by atoms with Gasteiger partial charge in [-0.15, -0.1) is 0 Å². The second-order valence-electron chi connectivity index (χ2n) is 5.57. The average Bonchev–Trinajstić information content (AvgIpc) is 2.78. The molecule has 0 spiro atoms. The van der Waals surface area contributed by atoms with Crippen molar-refractivity contribution in [1.82, 2.24) is 15.0 Å². The second-order valence-corrected chi connectivity index (χ2v) is 5.91. The van der Waals surface area contributed by atoms with Crippen molar-refractivity contribution in [2.24, 2.45) is 5.73 Å². The van der Waals surface area contributed by atoms with Gasteiger partial charge < -0.3 is 16.0 Å². The third kappa shape index (κ3) is 3.93. The van der Waals surface area contributed by atoms with E-state index in [1.165, 1.54) is 0 Å². The highest BCUT2D eigenvalue weighted by Crippen LogP contribution is 2.21. The zero-order valence-electron chi connectivity index (χ0n) is 11.7. The highest BCUT2D eigenvalue weighted by Gasteiger charge is 2.23. The van der Waals surface area contributed by atoms with Gasteiger partial charge in [0.05, 0.1) is 0 Å². The van der Waals surface area contributed by atoms with Gasteiger partial charge in [0.2, 0.25) is 23.1 Å². The summed E-state index contributed by atoms with van der Waals surface area (Å²) in [5.41, 5.74) is 4.68. The van der Waals surface area contributed by atoms with Crippen LogP contribution < -0.4 is 16.0 Å². The number of aromatic nitrogens is 3. The molecule has 20 heavy (non-hydrogen) atoms. The number of nitrogens with zero attached hydrogens (tertiary/aromatic N) is 4. The van der Waals surface area contributed by atoms with Crippen molar-refractivity contribution in [1.29, 1.82) is 0 Å². The zero-order valence-corrected chi connectivity index (χ0v) is 12.4. The number of hydrogen-bond acceptors (Lipinski definition) is 6. The quantitative estimate of drug-likeness (QED) is 0.847. The molecule has 1 fully saturated rings. The van der Waals surface area contributed by atoms with Crippen molar-refractivity contribution in [2.75, 3.05) is 23.3 Å². The third-order valence-corrected chi connectivity index (χ3v) is 3.22. The zero-order chi connectivity index (χ0) is 14.8. The lowest BCUT2D eigenvalue weighted by Crippen LogP contribution is -2.37. The number of carbonyl (C=O) groups excluding carboxylic acids is 1. The molecular formula is C12H19ClN6O. The topological polar surface area (TPSA) is 97.0 Å². The fraction of sp³-hybridized carbons (Fsp3) is 0.667. The smallest absolute Gasteiger partial charge is 0.231 e. The second kappa shape index (κ2) is 5.78. The van der Waals surface area contributed by atoms with E-state index in [-0.39, 0.29) is 17.6 Å². The Morgan fingerprint density at radius 3 is 2.60 bits per heavy atom. The van der Waals surface area contributed by atoms with Crippen LogP contribution in [0.1, 0.15) is 33.1 Å². The van der Waals surface area contributed by atoms with Gasteiger partial charge in [0.1, 0.15) is 0 Å². The summed E-state index contributed by atoms with van der Waals surface area (Å²) in [6, 6.07) is 0. The van der Waals surface area contributed by atoms with E-state index in [1.54, 1.807) is 0 Å². The number of nitrogens with two attached hydrogens (primary N) is 1. The van der Waals surface area contributed by atoms with Crippen LogP contribution in [0.15, 0.2) is 0 Å². The Morgan fingerprint density at radius 1 is 1.35 bits per heavy atom. The lowest BCUT2D eigenvalue weighted by atomic mass is 10.0. The highest BCUT2D eigenvalue weighted by atomic mass is 35.5. The van der Waals surface area contributed by atoms with E-state index in [0.29, 0.717) is 11.9 Å². The summed E-state index contributed by atoms with van der Waals surface area (Å²) in [6.45, 7) is 5.55. The van der Waals surface area contributed by atoms with Crippen LogP contribution in [-0.4, -0.2) is 39.5 Å². The number of hydrogen-bond donors (Lipinski definition) is 2. The SMILES string of the molecule is CC(C)(CC(N)=O)Nc1nc(Cl)nc(N2CCCC2)n1. The molecule has 110 valence electrons. The highest BCUT2D eigenvalue weighted by molar-refractivity contribution is 6.28. The van der Waals surface area contributed by atoms with Gasteiger partial charge in [0.15, 0.2) is 0 Å². The molecule has 0 radical (unpaired) electrons. The maximum absolute atomic E-state index is 11.0. The van der Waals surface area contributed by atoms with E-state index >= 15 is 0 Å². The van der Waals surface area contributed by atoms with Crippen molar-refractivity contribution in [3.63, 3.8) is 0 Å². The summed E-state index contributed by atoms with van der Waals surface area (Å²) in [4.78, 5) is 25.7. The number of halogens is 1. The van der Waals surface area contributed by atoms with Crippen molar-refractivity contribution in [3.8, 4) is 0 Å².